The zero-order valence-corrected chi connectivity index (χ0v) is 15.8. The summed E-state index contributed by atoms with van der Waals surface area (Å²) in [4.78, 5) is 25.0. The zero-order chi connectivity index (χ0) is 19.8. The van der Waals surface area contributed by atoms with Gasteiger partial charge in [-0.05, 0) is 36.6 Å². The second-order valence-electron chi connectivity index (χ2n) is 6.61. The summed E-state index contributed by atoms with van der Waals surface area (Å²) in [5, 5.41) is 8.22. The number of hydrogen-bond donors (Lipinski definition) is 3. The Morgan fingerprint density at radius 1 is 1.00 bits per heavy atom. The van der Waals surface area contributed by atoms with Gasteiger partial charge in [0.25, 0.3) is 0 Å². The van der Waals surface area contributed by atoms with Crippen molar-refractivity contribution >= 4 is 17.6 Å². The highest BCUT2D eigenvalue weighted by molar-refractivity contribution is 5.93. The van der Waals surface area contributed by atoms with Crippen molar-refractivity contribution in [3.63, 3.8) is 0 Å². The van der Waals surface area contributed by atoms with Gasteiger partial charge >= 0.3 is 6.03 Å². The van der Waals surface area contributed by atoms with Crippen LogP contribution in [-0.2, 0) is 4.79 Å². The second-order valence-corrected chi connectivity index (χ2v) is 6.61. The van der Waals surface area contributed by atoms with E-state index in [4.69, 9.17) is 0 Å². The number of nitrogens with one attached hydrogen (secondary N) is 3. The molecule has 0 aliphatic heterocycles. The molecule has 0 aliphatic rings. The summed E-state index contributed by atoms with van der Waals surface area (Å²) in [5.41, 5.74) is 1.31. The van der Waals surface area contributed by atoms with Crippen LogP contribution in [0.3, 0.4) is 0 Å². The van der Waals surface area contributed by atoms with Crippen molar-refractivity contribution < 1.29 is 14.0 Å². The molecule has 2 rings (SSSR count). The minimum atomic E-state index is -0.699. The fraction of sp³-hybridized carbons (Fsp3) is 0.333. The molecule has 0 radical (unpaired) electrons. The van der Waals surface area contributed by atoms with Gasteiger partial charge < -0.3 is 16.0 Å². The molecule has 0 saturated carbocycles. The van der Waals surface area contributed by atoms with Crippen LogP contribution in [0.1, 0.15) is 38.8 Å². The summed E-state index contributed by atoms with van der Waals surface area (Å²) in [7, 11) is 0. The normalized spacial score (nSPS) is 13.9. The molecule has 2 aromatic rings. The lowest BCUT2D eigenvalue weighted by Gasteiger charge is -2.25. The van der Waals surface area contributed by atoms with Gasteiger partial charge in [0.2, 0.25) is 5.91 Å². The topological polar surface area (TPSA) is 70.2 Å². The highest BCUT2D eigenvalue weighted by Gasteiger charge is 2.27. The molecule has 5 nitrogen and oxygen atoms in total. The van der Waals surface area contributed by atoms with E-state index in [0.29, 0.717) is 5.69 Å². The predicted octanol–water partition coefficient (Wildman–Crippen LogP) is 4.24. The predicted molar refractivity (Wildman–Crippen MR) is 105 cm³/mol. The standard InChI is InChI=1S/C21H26FN3O2/c1-4-14(2)19(20(26)23-15(3)16-9-6-5-7-10-16)25-21(27)24-18-12-8-11-17(22)13-18/h5-15,19H,4H2,1-3H3,(H,23,26)(H2,24,25,27). The summed E-state index contributed by atoms with van der Waals surface area (Å²) in [5.74, 6) is -0.762. The molecule has 27 heavy (non-hydrogen) atoms. The lowest BCUT2D eigenvalue weighted by atomic mass is 9.97. The Labute approximate surface area is 159 Å². The van der Waals surface area contributed by atoms with Crippen LogP contribution in [0.5, 0.6) is 0 Å². The molecular formula is C21H26FN3O2. The maximum atomic E-state index is 13.3. The molecule has 0 bridgehead atoms. The molecule has 0 fully saturated rings. The number of benzene rings is 2. The van der Waals surface area contributed by atoms with Gasteiger partial charge in [-0.3, -0.25) is 4.79 Å². The Balaban J connectivity index is 2.03. The van der Waals surface area contributed by atoms with Gasteiger partial charge in [0.1, 0.15) is 11.9 Å². The van der Waals surface area contributed by atoms with Crippen LogP contribution in [0.25, 0.3) is 0 Å². The lowest BCUT2D eigenvalue weighted by molar-refractivity contribution is -0.124. The molecular weight excluding hydrogens is 345 g/mol. The van der Waals surface area contributed by atoms with Crippen molar-refractivity contribution in [3.8, 4) is 0 Å². The highest BCUT2D eigenvalue weighted by atomic mass is 19.1. The summed E-state index contributed by atoms with van der Waals surface area (Å²) < 4.78 is 13.3. The number of urea groups is 1. The van der Waals surface area contributed by atoms with Gasteiger partial charge in [-0.15, -0.1) is 0 Å². The number of amides is 3. The van der Waals surface area contributed by atoms with Crippen LogP contribution in [0.4, 0.5) is 14.9 Å². The first-order valence-electron chi connectivity index (χ1n) is 9.09. The van der Waals surface area contributed by atoms with Crippen molar-refractivity contribution in [3.05, 3.63) is 66.0 Å². The average molecular weight is 371 g/mol. The maximum Gasteiger partial charge on any atom is 0.319 e. The van der Waals surface area contributed by atoms with E-state index in [1.807, 2.05) is 51.1 Å². The number of carbonyl (C=O) groups excluding carboxylic acids is 2. The molecule has 3 amide bonds. The van der Waals surface area contributed by atoms with Crippen LogP contribution in [0.15, 0.2) is 54.6 Å². The van der Waals surface area contributed by atoms with E-state index in [1.54, 1.807) is 6.07 Å². The maximum absolute atomic E-state index is 13.3. The van der Waals surface area contributed by atoms with E-state index in [-0.39, 0.29) is 17.9 Å². The molecule has 3 atom stereocenters. The molecule has 3 N–H and O–H groups in total. The van der Waals surface area contributed by atoms with Crippen molar-refractivity contribution in [2.75, 3.05) is 5.32 Å². The minimum Gasteiger partial charge on any atom is -0.348 e. The van der Waals surface area contributed by atoms with E-state index in [0.717, 1.165) is 12.0 Å². The summed E-state index contributed by atoms with van der Waals surface area (Å²) in [6.07, 6.45) is 0.720. The number of hydrogen-bond acceptors (Lipinski definition) is 2. The van der Waals surface area contributed by atoms with Crippen LogP contribution >= 0.6 is 0 Å². The largest absolute Gasteiger partial charge is 0.348 e. The van der Waals surface area contributed by atoms with Gasteiger partial charge in [-0.1, -0.05) is 56.7 Å². The first-order valence-corrected chi connectivity index (χ1v) is 9.09. The van der Waals surface area contributed by atoms with E-state index < -0.39 is 17.9 Å². The summed E-state index contributed by atoms with van der Waals surface area (Å²) in [6.45, 7) is 5.76. The van der Waals surface area contributed by atoms with Gasteiger partial charge in [-0.25, -0.2) is 9.18 Å². The third-order valence-electron chi connectivity index (χ3n) is 4.52. The van der Waals surface area contributed by atoms with Crippen LogP contribution in [-0.4, -0.2) is 18.0 Å². The van der Waals surface area contributed by atoms with E-state index >= 15 is 0 Å². The smallest absolute Gasteiger partial charge is 0.319 e. The molecule has 3 unspecified atom stereocenters. The Kier molecular flexibility index (Phi) is 7.34. The fourth-order valence-electron chi connectivity index (χ4n) is 2.70. The minimum absolute atomic E-state index is 0.0637. The van der Waals surface area contributed by atoms with E-state index in [1.165, 1.54) is 18.2 Å². The molecule has 6 heteroatoms. The van der Waals surface area contributed by atoms with E-state index in [2.05, 4.69) is 16.0 Å². The van der Waals surface area contributed by atoms with Gasteiger partial charge in [-0.2, -0.15) is 0 Å². The Bertz CT molecular complexity index is 767. The first kappa shape index (κ1) is 20.4. The van der Waals surface area contributed by atoms with Crippen molar-refractivity contribution in [1.29, 1.82) is 0 Å². The molecule has 0 heterocycles. The van der Waals surface area contributed by atoms with Gasteiger partial charge in [0.15, 0.2) is 0 Å². The zero-order valence-electron chi connectivity index (χ0n) is 15.8. The average Bonchev–Trinajstić information content (AvgIpc) is 2.66. The lowest BCUT2D eigenvalue weighted by Crippen LogP contribution is -2.51. The van der Waals surface area contributed by atoms with Gasteiger partial charge in [0.05, 0.1) is 6.04 Å². The molecule has 0 spiro atoms. The first-order chi connectivity index (χ1) is 12.9. The van der Waals surface area contributed by atoms with Crippen molar-refractivity contribution in [2.45, 2.75) is 39.3 Å². The Morgan fingerprint density at radius 2 is 1.70 bits per heavy atom. The summed E-state index contributed by atoms with van der Waals surface area (Å²) in [6, 6.07) is 13.8. The number of rotatable bonds is 7. The monoisotopic (exact) mass is 371 g/mol. The number of halogens is 1. The quantitative estimate of drug-likeness (QED) is 0.681. The number of carbonyl (C=O) groups is 2. The fourth-order valence-corrected chi connectivity index (χ4v) is 2.70. The molecule has 0 saturated heterocycles. The second kappa shape index (κ2) is 9.71. The Morgan fingerprint density at radius 3 is 2.33 bits per heavy atom. The molecule has 0 aliphatic carbocycles. The van der Waals surface area contributed by atoms with Crippen molar-refractivity contribution in [1.82, 2.24) is 10.6 Å². The molecule has 2 aromatic carbocycles. The SMILES string of the molecule is CCC(C)C(NC(=O)Nc1cccc(F)c1)C(=O)NC(C)c1ccccc1. The number of anilines is 1. The van der Waals surface area contributed by atoms with Crippen LogP contribution in [0.2, 0.25) is 0 Å². The molecule has 0 aromatic heterocycles. The van der Waals surface area contributed by atoms with Crippen LogP contribution < -0.4 is 16.0 Å². The highest BCUT2D eigenvalue weighted by Crippen LogP contribution is 2.15. The van der Waals surface area contributed by atoms with E-state index in [9.17, 15) is 14.0 Å². The van der Waals surface area contributed by atoms with Crippen LogP contribution in [0, 0.1) is 11.7 Å². The third-order valence-corrected chi connectivity index (χ3v) is 4.52. The molecule has 144 valence electrons. The third kappa shape index (κ3) is 6.09. The van der Waals surface area contributed by atoms with Crippen molar-refractivity contribution in [2.24, 2.45) is 5.92 Å². The van der Waals surface area contributed by atoms with Gasteiger partial charge in [0, 0.05) is 5.69 Å². The Hall–Kier alpha value is -2.89. The summed E-state index contributed by atoms with van der Waals surface area (Å²) >= 11 is 0.